The first-order valence-corrected chi connectivity index (χ1v) is 20.2. The largest absolute Gasteiger partial charge is 0.310 e. The number of rotatable bonds is 7. The van der Waals surface area contributed by atoms with Crippen LogP contribution in [0, 0.1) is 0 Å². The lowest BCUT2D eigenvalue weighted by molar-refractivity contribution is 1.18. The van der Waals surface area contributed by atoms with Gasteiger partial charge < -0.3 is 9.47 Å². The molecule has 2 aromatic heterocycles. The Labute approximate surface area is 335 Å². The van der Waals surface area contributed by atoms with Crippen LogP contribution in [0.5, 0.6) is 0 Å². The number of hydrogen-bond donors (Lipinski definition) is 0. The predicted molar refractivity (Wildman–Crippen MR) is 245 cm³/mol. The second kappa shape index (κ2) is 13.8. The van der Waals surface area contributed by atoms with E-state index in [0.717, 1.165) is 22.7 Å². The number of benzene rings is 9. The summed E-state index contributed by atoms with van der Waals surface area (Å²) in [6.07, 6.45) is 0. The molecular weight excluding hydrogens is 709 g/mol. The van der Waals surface area contributed by atoms with Gasteiger partial charge in [0.05, 0.1) is 16.7 Å². The van der Waals surface area contributed by atoms with Crippen LogP contribution in [0.25, 0.3) is 81.0 Å². The summed E-state index contributed by atoms with van der Waals surface area (Å²) >= 11 is 1.88. The van der Waals surface area contributed by atoms with Crippen molar-refractivity contribution in [2.75, 3.05) is 4.90 Å². The lowest BCUT2D eigenvalue weighted by Gasteiger charge is -2.28. The van der Waals surface area contributed by atoms with Gasteiger partial charge in [-0.2, -0.15) is 0 Å². The second-order valence-electron chi connectivity index (χ2n) is 14.5. The van der Waals surface area contributed by atoms with Gasteiger partial charge in [-0.1, -0.05) is 152 Å². The van der Waals surface area contributed by atoms with Crippen molar-refractivity contribution in [2.24, 2.45) is 0 Å². The minimum absolute atomic E-state index is 1.09. The van der Waals surface area contributed by atoms with Crippen molar-refractivity contribution < 1.29 is 0 Å². The molecule has 0 unspecified atom stereocenters. The molecule has 0 saturated heterocycles. The summed E-state index contributed by atoms with van der Waals surface area (Å²) in [7, 11) is 0. The zero-order valence-electron chi connectivity index (χ0n) is 31.1. The van der Waals surface area contributed by atoms with Gasteiger partial charge in [-0.15, -0.1) is 11.3 Å². The van der Waals surface area contributed by atoms with Gasteiger partial charge in [0.1, 0.15) is 0 Å². The Morgan fingerprint density at radius 2 is 0.947 bits per heavy atom. The summed E-state index contributed by atoms with van der Waals surface area (Å²) < 4.78 is 5.02. The molecule has 2 heterocycles. The topological polar surface area (TPSA) is 8.17 Å². The molecule has 0 spiro atoms. The molecule has 3 heteroatoms. The van der Waals surface area contributed by atoms with Crippen LogP contribution in [0.1, 0.15) is 0 Å². The van der Waals surface area contributed by atoms with Crippen LogP contribution < -0.4 is 4.90 Å². The first kappa shape index (κ1) is 33.2. The van der Waals surface area contributed by atoms with Gasteiger partial charge in [0.2, 0.25) is 0 Å². The highest BCUT2D eigenvalue weighted by Crippen LogP contribution is 2.47. The summed E-state index contributed by atoms with van der Waals surface area (Å²) in [5.74, 6) is 0. The summed E-state index contributed by atoms with van der Waals surface area (Å²) in [6.45, 7) is 0. The van der Waals surface area contributed by atoms with E-state index < -0.39 is 0 Å². The van der Waals surface area contributed by atoms with Crippen LogP contribution in [-0.4, -0.2) is 4.57 Å². The van der Waals surface area contributed by atoms with E-state index in [2.05, 4.69) is 228 Å². The van der Waals surface area contributed by atoms with Gasteiger partial charge in [-0.05, 0) is 100 Å². The molecule has 11 rings (SSSR count). The Morgan fingerprint density at radius 1 is 0.368 bits per heavy atom. The fourth-order valence-corrected chi connectivity index (χ4v) is 9.81. The van der Waals surface area contributed by atoms with Gasteiger partial charge in [0, 0.05) is 48.0 Å². The molecule has 0 amide bonds. The lowest BCUT2D eigenvalue weighted by atomic mass is 9.96. The van der Waals surface area contributed by atoms with Gasteiger partial charge in [-0.3, -0.25) is 0 Å². The van der Waals surface area contributed by atoms with E-state index in [1.807, 2.05) is 11.3 Å². The maximum Gasteiger partial charge on any atom is 0.0562 e. The van der Waals surface area contributed by atoms with Crippen molar-refractivity contribution in [2.45, 2.75) is 0 Å². The molecule has 0 atom stereocenters. The third-order valence-corrected chi connectivity index (χ3v) is 12.4. The van der Waals surface area contributed by atoms with Gasteiger partial charge >= 0.3 is 0 Å². The monoisotopic (exact) mass is 744 g/mol. The van der Waals surface area contributed by atoms with Crippen LogP contribution in [0.4, 0.5) is 17.1 Å². The Morgan fingerprint density at radius 3 is 1.72 bits per heavy atom. The van der Waals surface area contributed by atoms with E-state index in [4.69, 9.17) is 0 Å². The third kappa shape index (κ3) is 5.71. The summed E-state index contributed by atoms with van der Waals surface area (Å²) in [6, 6.07) is 79.5. The smallest absolute Gasteiger partial charge is 0.0562 e. The zero-order valence-corrected chi connectivity index (χ0v) is 31.9. The van der Waals surface area contributed by atoms with E-state index in [9.17, 15) is 0 Å². The van der Waals surface area contributed by atoms with Gasteiger partial charge in [0.25, 0.3) is 0 Å². The number of nitrogens with zero attached hydrogens (tertiary/aromatic N) is 2. The van der Waals surface area contributed by atoms with Gasteiger partial charge in [-0.25, -0.2) is 0 Å². The average molecular weight is 745 g/mol. The van der Waals surface area contributed by atoms with Gasteiger partial charge in [0.15, 0.2) is 0 Å². The molecule has 0 radical (unpaired) electrons. The number of aromatic nitrogens is 1. The molecule has 0 aliphatic rings. The molecule has 2 nitrogen and oxygen atoms in total. The van der Waals surface area contributed by atoms with Crippen LogP contribution in [0.3, 0.4) is 0 Å². The van der Waals surface area contributed by atoms with E-state index in [0.29, 0.717) is 0 Å². The molecule has 0 fully saturated rings. The molecule has 11 aromatic rings. The standard InChI is InChI=1S/C54H36N2S/c1-4-16-37(17-5-1)39-30-32-43(33-31-39)55(50-27-15-28-51-53(50)48-23-10-12-26-49(48)56(51)42-20-8-3-9-21-42)44-35-40(38-18-6-2-7-19-38)34-41(36-44)45-24-14-25-47-46-22-11-13-29-52(46)57-54(45)47/h1-36H. The van der Waals surface area contributed by atoms with Crippen molar-refractivity contribution >= 4 is 70.4 Å². The third-order valence-electron chi connectivity index (χ3n) is 11.2. The first-order chi connectivity index (χ1) is 28.3. The molecule has 9 aromatic carbocycles. The molecule has 268 valence electrons. The highest BCUT2D eigenvalue weighted by molar-refractivity contribution is 7.26. The normalized spacial score (nSPS) is 11.5. The van der Waals surface area contributed by atoms with E-state index >= 15 is 0 Å². The molecule has 0 bridgehead atoms. The average Bonchev–Trinajstić information content (AvgIpc) is 3.84. The van der Waals surface area contributed by atoms with E-state index in [-0.39, 0.29) is 0 Å². The minimum Gasteiger partial charge on any atom is -0.310 e. The Hall–Kier alpha value is -7.20. The fourth-order valence-electron chi connectivity index (χ4n) is 8.57. The van der Waals surface area contributed by atoms with Crippen molar-refractivity contribution in [3.63, 3.8) is 0 Å². The van der Waals surface area contributed by atoms with Crippen molar-refractivity contribution in [1.82, 2.24) is 4.57 Å². The summed E-state index contributed by atoms with van der Waals surface area (Å²) in [5, 5.41) is 5.03. The molecule has 0 aliphatic carbocycles. The Bertz CT molecular complexity index is 3220. The van der Waals surface area contributed by atoms with Crippen LogP contribution in [0.2, 0.25) is 0 Å². The number of para-hydroxylation sites is 2. The first-order valence-electron chi connectivity index (χ1n) is 19.4. The number of fused-ring (bicyclic) bond motifs is 6. The zero-order chi connectivity index (χ0) is 37.7. The van der Waals surface area contributed by atoms with E-state index in [1.54, 1.807) is 0 Å². The molecule has 57 heavy (non-hydrogen) atoms. The predicted octanol–water partition coefficient (Wildman–Crippen LogP) is 15.6. The minimum atomic E-state index is 1.09. The number of thiophene rings is 1. The summed E-state index contributed by atoms with van der Waals surface area (Å²) in [5.41, 5.74) is 14.0. The maximum atomic E-state index is 2.47. The van der Waals surface area contributed by atoms with Crippen molar-refractivity contribution in [3.05, 3.63) is 218 Å². The quantitative estimate of drug-likeness (QED) is 0.158. The molecule has 0 N–H and O–H groups in total. The molecule has 0 saturated carbocycles. The van der Waals surface area contributed by atoms with Crippen LogP contribution >= 0.6 is 11.3 Å². The highest BCUT2D eigenvalue weighted by Gasteiger charge is 2.23. The van der Waals surface area contributed by atoms with Crippen molar-refractivity contribution in [1.29, 1.82) is 0 Å². The molecular formula is C54H36N2S. The SMILES string of the molecule is c1ccc(-c2ccc(N(c3cc(-c4ccccc4)cc(-c4cccc5c4sc4ccccc45)c3)c3cccc4c3c3ccccc3n4-c3ccccc3)cc2)cc1. The highest BCUT2D eigenvalue weighted by atomic mass is 32.1. The fraction of sp³-hybridized carbons (Fsp3) is 0. The van der Waals surface area contributed by atoms with Crippen molar-refractivity contribution in [3.8, 4) is 39.1 Å². The second-order valence-corrected chi connectivity index (χ2v) is 15.6. The number of hydrogen-bond acceptors (Lipinski definition) is 2. The molecule has 0 aliphatic heterocycles. The maximum absolute atomic E-state index is 2.47. The Kier molecular flexibility index (Phi) is 8.04. The van der Waals surface area contributed by atoms with E-state index in [1.165, 1.54) is 75.4 Å². The number of anilines is 3. The van der Waals surface area contributed by atoms with Crippen LogP contribution in [0.15, 0.2) is 218 Å². The van der Waals surface area contributed by atoms with Crippen LogP contribution in [-0.2, 0) is 0 Å². The summed E-state index contributed by atoms with van der Waals surface area (Å²) in [4.78, 5) is 2.47. The Balaban J connectivity index is 1.21. The lowest BCUT2D eigenvalue weighted by Crippen LogP contribution is -2.11.